The van der Waals surface area contributed by atoms with Crippen LogP contribution in [0, 0.1) is 0 Å². The zero-order valence-corrected chi connectivity index (χ0v) is 15.2. The highest BCUT2D eigenvalue weighted by molar-refractivity contribution is 6.32. The largest absolute Gasteiger partial charge is 0.491 e. The number of carbonyl (C=O) groups is 2. The summed E-state index contributed by atoms with van der Waals surface area (Å²) in [6.45, 7) is 2.37. The van der Waals surface area contributed by atoms with E-state index in [4.69, 9.17) is 16.3 Å². The molecule has 0 saturated heterocycles. The number of aliphatic carboxylic acids is 1. The van der Waals surface area contributed by atoms with Crippen molar-refractivity contribution in [1.29, 1.82) is 0 Å². The predicted molar refractivity (Wildman–Crippen MR) is 98.9 cm³/mol. The Labute approximate surface area is 156 Å². The van der Waals surface area contributed by atoms with Gasteiger partial charge in [-0.25, -0.2) is 4.79 Å². The van der Waals surface area contributed by atoms with Gasteiger partial charge in [0.1, 0.15) is 5.54 Å². The third kappa shape index (κ3) is 3.40. The number of benzene rings is 2. The Morgan fingerprint density at radius 1 is 1.15 bits per heavy atom. The summed E-state index contributed by atoms with van der Waals surface area (Å²) in [5.41, 5.74) is 0.737. The second kappa shape index (κ2) is 7.38. The average Bonchev–Trinajstić information content (AvgIpc) is 3.00. The first kappa shape index (κ1) is 18.3. The molecule has 0 fully saturated rings. The quantitative estimate of drug-likeness (QED) is 0.812. The summed E-state index contributed by atoms with van der Waals surface area (Å²) in [5.74, 6) is -1.28. The first-order valence-electron chi connectivity index (χ1n) is 8.51. The van der Waals surface area contributed by atoms with Gasteiger partial charge in [-0.3, -0.25) is 4.79 Å². The van der Waals surface area contributed by atoms with Gasteiger partial charge in [0.05, 0.1) is 17.2 Å². The maximum atomic E-state index is 12.9. The summed E-state index contributed by atoms with van der Waals surface area (Å²) < 4.78 is 5.62. The van der Waals surface area contributed by atoms with Gasteiger partial charge in [-0.05, 0) is 29.7 Å². The Morgan fingerprint density at radius 3 is 2.38 bits per heavy atom. The van der Waals surface area contributed by atoms with Crippen molar-refractivity contribution in [3.05, 3.63) is 64.2 Å². The first-order valence-corrected chi connectivity index (χ1v) is 8.88. The zero-order chi connectivity index (χ0) is 18.7. The molecule has 0 radical (unpaired) electrons. The van der Waals surface area contributed by atoms with Crippen LogP contribution in [0.5, 0.6) is 5.75 Å². The Hall–Kier alpha value is -2.53. The van der Waals surface area contributed by atoms with E-state index < -0.39 is 17.4 Å². The minimum absolute atomic E-state index is 0.238. The van der Waals surface area contributed by atoms with Crippen molar-refractivity contribution < 1.29 is 19.4 Å². The predicted octanol–water partition coefficient (Wildman–Crippen LogP) is 3.48. The number of ether oxygens (including phenoxy) is 1. The van der Waals surface area contributed by atoms with E-state index in [-0.39, 0.29) is 24.2 Å². The van der Waals surface area contributed by atoms with Crippen LogP contribution in [0.25, 0.3) is 0 Å². The van der Waals surface area contributed by atoms with Crippen LogP contribution in [0.3, 0.4) is 0 Å². The molecule has 26 heavy (non-hydrogen) atoms. The summed E-state index contributed by atoms with van der Waals surface area (Å²) >= 11 is 6.17. The fourth-order valence-corrected chi connectivity index (χ4v) is 3.46. The van der Waals surface area contributed by atoms with Gasteiger partial charge in [0.2, 0.25) is 0 Å². The summed E-state index contributed by atoms with van der Waals surface area (Å²) in [6, 6.07) is 12.4. The number of fused-ring (bicyclic) bond motifs is 1. The van der Waals surface area contributed by atoms with Crippen molar-refractivity contribution in [3.63, 3.8) is 0 Å². The van der Waals surface area contributed by atoms with Crippen LogP contribution >= 0.6 is 11.6 Å². The molecule has 3 rings (SSSR count). The van der Waals surface area contributed by atoms with Crippen LogP contribution in [0.4, 0.5) is 0 Å². The molecule has 0 spiro atoms. The van der Waals surface area contributed by atoms with E-state index >= 15 is 0 Å². The Morgan fingerprint density at radius 2 is 1.81 bits per heavy atom. The normalized spacial score (nSPS) is 14.5. The van der Waals surface area contributed by atoms with Crippen molar-refractivity contribution in [2.75, 3.05) is 6.61 Å². The molecule has 0 atom stereocenters. The molecule has 136 valence electrons. The third-order valence-corrected chi connectivity index (χ3v) is 4.82. The van der Waals surface area contributed by atoms with Crippen molar-refractivity contribution in [3.8, 4) is 5.75 Å². The van der Waals surface area contributed by atoms with E-state index in [0.29, 0.717) is 11.6 Å². The maximum Gasteiger partial charge on any atom is 0.330 e. The maximum absolute atomic E-state index is 12.9. The molecule has 0 aliphatic heterocycles. The molecule has 5 nitrogen and oxygen atoms in total. The lowest BCUT2D eigenvalue weighted by Gasteiger charge is -2.26. The van der Waals surface area contributed by atoms with E-state index in [1.807, 2.05) is 31.2 Å². The molecule has 1 amide bonds. The molecule has 0 aromatic heterocycles. The van der Waals surface area contributed by atoms with Gasteiger partial charge in [0, 0.05) is 12.8 Å². The fourth-order valence-electron chi connectivity index (χ4n) is 3.23. The van der Waals surface area contributed by atoms with Crippen LogP contribution in [-0.2, 0) is 17.6 Å². The first-order chi connectivity index (χ1) is 12.5. The number of halogens is 1. The SMILES string of the molecule is CCCOc1c(Cl)cccc1C(=O)NC1(C(=O)O)Cc2ccccc2C1. The number of carboxylic acids is 1. The minimum Gasteiger partial charge on any atom is -0.491 e. The van der Waals surface area contributed by atoms with Crippen LogP contribution in [0.15, 0.2) is 42.5 Å². The second-order valence-corrected chi connectivity index (χ2v) is 6.84. The van der Waals surface area contributed by atoms with Gasteiger partial charge in [-0.15, -0.1) is 0 Å². The standard InChI is InChI=1S/C20H20ClNO4/c1-2-10-26-17-15(8-5-9-16(17)21)18(23)22-20(19(24)25)11-13-6-3-4-7-14(13)12-20/h3-9H,2,10-12H2,1H3,(H,22,23)(H,24,25). The Bertz CT molecular complexity index is 824. The molecule has 0 saturated carbocycles. The lowest BCUT2D eigenvalue weighted by atomic mass is 9.95. The van der Waals surface area contributed by atoms with E-state index in [0.717, 1.165) is 17.5 Å². The van der Waals surface area contributed by atoms with Gasteiger partial charge >= 0.3 is 5.97 Å². The number of amides is 1. The fraction of sp³-hybridized carbons (Fsp3) is 0.300. The molecular weight excluding hydrogens is 354 g/mol. The molecule has 2 N–H and O–H groups in total. The lowest BCUT2D eigenvalue weighted by Crippen LogP contribution is -2.55. The highest BCUT2D eigenvalue weighted by Gasteiger charge is 2.45. The van der Waals surface area contributed by atoms with Gasteiger partial charge < -0.3 is 15.2 Å². The van der Waals surface area contributed by atoms with Gasteiger partial charge in [0.15, 0.2) is 5.75 Å². The number of rotatable bonds is 6. The topological polar surface area (TPSA) is 75.6 Å². The van der Waals surface area contributed by atoms with Gasteiger partial charge in [0.25, 0.3) is 5.91 Å². The summed E-state index contributed by atoms with van der Waals surface area (Å²) in [7, 11) is 0. The van der Waals surface area contributed by atoms with E-state index in [1.54, 1.807) is 18.2 Å². The monoisotopic (exact) mass is 373 g/mol. The molecule has 0 heterocycles. The van der Waals surface area contributed by atoms with E-state index in [9.17, 15) is 14.7 Å². The van der Waals surface area contributed by atoms with Crippen LogP contribution in [0.1, 0.15) is 34.8 Å². The highest BCUT2D eigenvalue weighted by atomic mass is 35.5. The molecule has 0 bridgehead atoms. The van der Waals surface area contributed by atoms with Crippen molar-refractivity contribution in [2.45, 2.75) is 31.7 Å². The number of carbonyl (C=O) groups excluding carboxylic acids is 1. The number of para-hydroxylation sites is 1. The highest BCUT2D eigenvalue weighted by Crippen LogP contribution is 2.33. The summed E-state index contributed by atoms with van der Waals surface area (Å²) in [6.07, 6.45) is 1.26. The minimum atomic E-state index is -1.37. The molecule has 0 unspecified atom stereocenters. The van der Waals surface area contributed by atoms with E-state index in [2.05, 4.69) is 5.32 Å². The van der Waals surface area contributed by atoms with E-state index in [1.165, 1.54) is 0 Å². The molecule has 2 aromatic carbocycles. The van der Waals surface area contributed by atoms with Crippen molar-refractivity contribution >= 4 is 23.5 Å². The van der Waals surface area contributed by atoms with Crippen LogP contribution < -0.4 is 10.1 Å². The average molecular weight is 374 g/mol. The zero-order valence-electron chi connectivity index (χ0n) is 14.4. The number of carboxylic acid groups (broad SMARTS) is 1. The molecule has 6 heteroatoms. The summed E-state index contributed by atoms with van der Waals surface area (Å²) in [5, 5.41) is 12.9. The van der Waals surface area contributed by atoms with Crippen molar-refractivity contribution in [1.82, 2.24) is 5.32 Å². The van der Waals surface area contributed by atoms with Crippen LogP contribution in [-0.4, -0.2) is 29.1 Å². The van der Waals surface area contributed by atoms with Gasteiger partial charge in [-0.2, -0.15) is 0 Å². The second-order valence-electron chi connectivity index (χ2n) is 6.43. The number of hydrogen-bond acceptors (Lipinski definition) is 3. The molecule has 2 aromatic rings. The molecule has 1 aliphatic carbocycles. The van der Waals surface area contributed by atoms with Crippen LogP contribution in [0.2, 0.25) is 5.02 Å². The third-order valence-electron chi connectivity index (χ3n) is 4.53. The molecular formula is C20H20ClNO4. The van der Waals surface area contributed by atoms with Gasteiger partial charge in [-0.1, -0.05) is 48.9 Å². The Kier molecular flexibility index (Phi) is 5.18. The Balaban J connectivity index is 1.89. The number of nitrogens with one attached hydrogen (secondary N) is 1. The smallest absolute Gasteiger partial charge is 0.330 e. The number of hydrogen-bond donors (Lipinski definition) is 2. The molecule has 1 aliphatic rings. The lowest BCUT2D eigenvalue weighted by molar-refractivity contribution is -0.144. The van der Waals surface area contributed by atoms with Crippen molar-refractivity contribution in [2.24, 2.45) is 0 Å². The summed E-state index contributed by atoms with van der Waals surface area (Å²) in [4.78, 5) is 24.9.